The van der Waals surface area contributed by atoms with Crippen LogP contribution in [-0.4, -0.2) is 54.5 Å². The molecular formula is C21H26N2O2. The molecule has 1 aliphatic rings. The third-order valence-electron chi connectivity index (χ3n) is 4.65. The average molecular weight is 338 g/mol. The maximum Gasteiger partial charge on any atom is 0.263 e. The third-order valence-corrected chi connectivity index (χ3v) is 4.65. The van der Waals surface area contributed by atoms with Crippen molar-refractivity contribution in [1.82, 2.24) is 9.80 Å². The Morgan fingerprint density at radius 2 is 1.56 bits per heavy atom. The molecule has 4 nitrogen and oxygen atoms in total. The van der Waals surface area contributed by atoms with E-state index in [4.69, 9.17) is 4.74 Å². The van der Waals surface area contributed by atoms with Gasteiger partial charge in [0.05, 0.1) is 0 Å². The minimum absolute atomic E-state index is 0.0755. The molecule has 1 aliphatic heterocycles. The molecule has 1 unspecified atom stereocenters. The van der Waals surface area contributed by atoms with Crippen LogP contribution in [0, 0.1) is 0 Å². The van der Waals surface area contributed by atoms with E-state index < -0.39 is 6.10 Å². The minimum atomic E-state index is -0.446. The summed E-state index contributed by atoms with van der Waals surface area (Å²) in [5.41, 5.74) is 1.37. The second kappa shape index (κ2) is 8.67. The molecule has 0 radical (unpaired) electrons. The fraction of sp³-hybridized carbons (Fsp3) is 0.381. The van der Waals surface area contributed by atoms with Crippen molar-refractivity contribution in [1.29, 1.82) is 0 Å². The summed E-state index contributed by atoms with van der Waals surface area (Å²) in [7, 11) is 0. The Morgan fingerprint density at radius 3 is 2.20 bits per heavy atom. The van der Waals surface area contributed by atoms with E-state index in [9.17, 15) is 4.79 Å². The van der Waals surface area contributed by atoms with E-state index in [2.05, 4.69) is 29.2 Å². The monoisotopic (exact) mass is 338 g/mol. The van der Waals surface area contributed by atoms with E-state index in [0.29, 0.717) is 0 Å². The molecule has 0 spiro atoms. The first-order chi connectivity index (χ1) is 12.2. The second-order valence-electron chi connectivity index (χ2n) is 6.48. The summed E-state index contributed by atoms with van der Waals surface area (Å²) in [6.45, 7) is 6.28. The van der Waals surface area contributed by atoms with Crippen LogP contribution in [0.1, 0.15) is 12.5 Å². The highest BCUT2D eigenvalue weighted by atomic mass is 16.5. The van der Waals surface area contributed by atoms with Crippen LogP contribution < -0.4 is 4.74 Å². The van der Waals surface area contributed by atoms with E-state index in [0.717, 1.165) is 44.9 Å². The van der Waals surface area contributed by atoms with Gasteiger partial charge in [-0.2, -0.15) is 0 Å². The van der Waals surface area contributed by atoms with Crippen molar-refractivity contribution < 1.29 is 9.53 Å². The van der Waals surface area contributed by atoms with Crippen molar-refractivity contribution in [2.45, 2.75) is 19.4 Å². The molecule has 1 atom stereocenters. The maximum atomic E-state index is 12.6. The van der Waals surface area contributed by atoms with E-state index in [-0.39, 0.29) is 5.91 Å². The fourth-order valence-corrected chi connectivity index (χ4v) is 3.13. The van der Waals surface area contributed by atoms with Gasteiger partial charge in [0.1, 0.15) is 5.75 Å². The first-order valence-electron chi connectivity index (χ1n) is 8.99. The van der Waals surface area contributed by atoms with Gasteiger partial charge in [0.25, 0.3) is 5.91 Å². The molecule has 1 heterocycles. The summed E-state index contributed by atoms with van der Waals surface area (Å²) < 4.78 is 5.76. The molecule has 3 rings (SSSR count). The van der Waals surface area contributed by atoms with Crippen molar-refractivity contribution in [3.8, 4) is 5.75 Å². The number of amides is 1. The summed E-state index contributed by atoms with van der Waals surface area (Å²) in [6.07, 6.45) is 0.612. The highest BCUT2D eigenvalue weighted by molar-refractivity contribution is 5.81. The molecule has 2 aromatic rings. The van der Waals surface area contributed by atoms with Crippen LogP contribution >= 0.6 is 0 Å². The van der Waals surface area contributed by atoms with Gasteiger partial charge in [-0.15, -0.1) is 0 Å². The van der Waals surface area contributed by atoms with Crippen molar-refractivity contribution in [2.75, 3.05) is 32.7 Å². The highest BCUT2D eigenvalue weighted by Crippen LogP contribution is 2.13. The topological polar surface area (TPSA) is 32.8 Å². The number of carbonyl (C=O) groups is 1. The van der Waals surface area contributed by atoms with Crippen molar-refractivity contribution >= 4 is 5.91 Å². The Morgan fingerprint density at radius 1 is 0.960 bits per heavy atom. The predicted octanol–water partition coefficient (Wildman–Crippen LogP) is 2.84. The molecule has 0 aromatic heterocycles. The number of piperazine rings is 1. The van der Waals surface area contributed by atoms with Gasteiger partial charge in [0, 0.05) is 32.7 Å². The average Bonchev–Trinajstić information content (AvgIpc) is 2.68. The number of rotatable bonds is 6. The number of hydrogen-bond donors (Lipinski definition) is 0. The zero-order valence-electron chi connectivity index (χ0n) is 14.8. The van der Waals surface area contributed by atoms with E-state index in [1.54, 1.807) is 0 Å². The van der Waals surface area contributed by atoms with Crippen LogP contribution in [0.2, 0.25) is 0 Å². The Hall–Kier alpha value is -2.33. The number of para-hydroxylation sites is 1. The summed E-state index contributed by atoms with van der Waals surface area (Å²) >= 11 is 0. The molecular weight excluding hydrogens is 312 g/mol. The standard InChI is InChI=1S/C21H26N2O2/c1-18(25-20-10-6-3-7-11-20)21(24)23-16-14-22(15-17-23)13-12-19-8-4-2-5-9-19/h2-11,18H,12-17H2,1H3. The SMILES string of the molecule is CC(Oc1ccccc1)C(=O)N1CCN(CCc2ccccc2)CC1. The Kier molecular flexibility index (Phi) is 6.07. The summed E-state index contributed by atoms with van der Waals surface area (Å²) in [6, 6.07) is 20.1. The Bertz CT molecular complexity index is 652. The molecule has 0 N–H and O–H groups in total. The molecule has 1 fully saturated rings. The molecule has 1 saturated heterocycles. The second-order valence-corrected chi connectivity index (χ2v) is 6.48. The smallest absolute Gasteiger partial charge is 0.263 e. The normalized spacial score (nSPS) is 16.4. The van der Waals surface area contributed by atoms with Gasteiger partial charge in [0.2, 0.25) is 0 Å². The van der Waals surface area contributed by atoms with Crippen molar-refractivity contribution in [3.63, 3.8) is 0 Å². The lowest BCUT2D eigenvalue weighted by Gasteiger charge is -2.35. The van der Waals surface area contributed by atoms with E-state index in [1.807, 2.05) is 48.2 Å². The van der Waals surface area contributed by atoms with Gasteiger partial charge in [0.15, 0.2) is 6.10 Å². The summed E-state index contributed by atoms with van der Waals surface area (Å²) in [4.78, 5) is 16.9. The lowest BCUT2D eigenvalue weighted by molar-refractivity contribution is -0.139. The lowest BCUT2D eigenvalue weighted by Crippen LogP contribution is -2.52. The highest BCUT2D eigenvalue weighted by Gasteiger charge is 2.25. The van der Waals surface area contributed by atoms with Crippen molar-refractivity contribution in [3.05, 3.63) is 66.2 Å². The van der Waals surface area contributed by atoms with Gasteiger partial charge < -0.3 is 9.64 Å². The minimum Gasteiger partial charge on any atom is -0.481 e. The van der Waals surface area contributed by atoms with Gasteiger partial charge in [-0.3, -0.25) is 9.69 Å². The van der Waals surface area contributed by atoms with Crippen LogP contribution in [0.15, 0.2) is 60.7 Å². The van der Waals surface area contributed by atoms with Gasteiger partial charge in [-0.05, 0) is 31.0 Å². The van der Waals surface area contributed by atoms with Crippen LogP contribution in [0.5, 0.6) is 5.75 Å². The predicted molar refractivity (Wildman–Crippen MR) is 99.7 cm³/mol. The molecule has 132 valence electrons. The largest absolute Gasteiger partial charge is 0.481 e. The van der Waals surface area contributed by atoms with Crippen LogP contribution in [0.25, 0.3) is 0 Å². The molecule has 25 heavy (non-hydrogen) atoms. The van der Waals surface area contributed by atoms with Gasteiger partial charge in [-0.25, -0.2) is 0 Å². The number of nitrogens with zero attached hydrogens (tertiary/aromatic N) is 2. The molecule has 1 amide bonds. The van der Waals surface area contributed by atoms with Gasteiger partial charge >= 0.3 is 0 Å². The maximum absolute atomic E-state index is 12.6. The van der Waals surface area contributed by atoms with E-state index >= 15 is 0 Å². The number of ether oxygens (including phenoxy) is 1. The molecule has 4 heteroatoms. The first-order valence-corrected chi connectivity index (χ1v) is 8.99. The quantitative estimate of drug-likeness (QED) is 0.812. The molecule has 2 aromatic carbocycles. The first kappa shape index (κ1) is 17.5. The van der Waals surface area contributed by atoms with Crippen LogP contribution in [-0.2, 0) is 11.2 Å². The third kappa shape index (κ3) is 5.07. The van der Waals surface area contributed by atoms with E-state index in [1.165, 1.54) is 5.56 Å². The van der Waals surface area contributed by atoms with Crippen LogP contribution in [0.3, 0.4) is 0 Å². The summed E-state index contributed by atoms with van der Waals surface area (Å²) in [5, 5.41) is 0. The number of carbonyl (C=O) groups excluding carboxylic acids is 1. The molecule has 0 aliphatic carbocycles. The number of hydrogen-bond acceptors (Lipinski definition) is 3. The van der Waals surface area contributed by atoms with Crippen molar-refractivity contribution in [2.24, 2.45) is 0 Å². The lowest BCUT2D eigenvalue weighted by atomic mass is 10.1. The molecule has 0 bridgehead atoms. The Labute approximate surface area is 150 Å². The zero-order valence-corrected chi connectivity index (χ0v) is 14.8. The molecule has 0 saturated carbocycles. The fourth-order valence-electron chi connectivity index (χ4n) is 3.13. The Balaban J connectivity index is 1.42. The zero-order chi connectivity index (χ0) is 17.5. The number of benzene rings is 2. The summed E-state index contributed by atoms with van der Waals surface area (Å²) in [5.74, 6) is 0.816. The van der Waals surface area contributed by atoms with Crippen LogP contribution in [0.4, 0.5) is 0 Å². The van der Waals surface area contributed by atoms with Gasteiger partial charge in [-0.1, -0.05) is 48.5 Å².